The minimum Gasteiger partial charge on any atom is -0.481 e. The molecule has 3 N–H and O–H groups in total. The second kappa shape index (κ2) is 12.7. The standard InChI is InChI=1S/C25H35FO4/c1-18(9-8-11-19-10-6-7-13-22(19)26)15-16-21-20(23(27)17-24(21)28)12-4-2-3-5-14-25(29)30/h6-7,10,13,18,20-21,23-24,27-28H,2-5,11-12,14-17H2,1H3,(H,29,30)/t18?,20-,21-,23+,24-/m1/s1. The van der Waals surface area contributed by atoms with Gasteiger partial charge in [-0.1, -0.05) is 56.2 Å². The fourth-order valence-electron chi connectivity index (χ4n) is 4.47. The van der Waals surface area contributed by atoms with E-state index in [2.05, 4.69) is 11.8 Å². The first-order valence-electron chi connectivity index (χ1n) is 11.2. The van der Waals surface area contributed by atoms with Gasteiger partial charge in [-0.05, 0) is 55.6 Å². The molecule has 0 radical (unpaired) electrons. The zero-order valence-electron chi connectivity index (χ0n) is 17.9. The van der Waals surface area contributed by atoms with Gasteiger partial charge in [-0.3, -0.25) is 4.79 Å². The fourth-order valence-corrected chi connectivity index (χ4v) is 4.47. The number of carbonyl (C=O) groups is 1. The van der Waals surface area contributed by atoms with Crippen LogP contribution in [0.5, 0.6) is 0 Å². The highest BCUT2D eigenvalue weighted by Gasteiger charge is 2.40. The van der Waals surface area contributed by atoms with Crippen LogP contribution >= 0.6 is 0 Å². The van der Waals surface area contributed by atoms with Gasteiger partial charge in [0.25, 0.3) is 0 Å². The van der Waals surface area contributed by atoms with E-state index in [0.717, 1.165) is 38.5 Å². The van der Waals surface area contributed by atoms with E-state index >= 15 is 0 Å². The predicted octanol–water partition coefficient (Wildman–Crippen LogP) is 4.57. The largest absolute Gasteiger partial charge is 0.481 e. The molecule has 1 fully saturated rings. The Morgan fingerprint density at radius 1 is 1.10 bits per heavy atom. The van der Waals surface area contributed by atoms with Gasteiger partial charge in [0.05, 0.1) is 12.2 Å². The summed E-state index contributed by atoms with van der Waals surface area (Å²) in [6.07, 6.45) is 6.10. The first kappa shape index (κ1) is 24.4. The number of carboxylic acids is 1. The minimum absolute atomic E-state index is 0.0786. The molecule has 0 aromatic heterocycles. The van der Waals surface area contributed by atoms with E-state index in [1.165, 1.54) is 6.07 Å². The highest BCUT2D eigenvalue weighted by Crippen LogP contribution is 2.39. The van der Waals surface area contributed by atoms with Crippen LogP contribution in [0.25, 0.3) is 0 Å². The number of aliphatic carboxylic acids is 1. The van der Waals surface area contributed by atoms with Gasteiger partial charge in [-0.25, -0.2) is 4.39 Å². The quantitative estimate of drug-likeness (QED) is 0.363. The molecule has 1 aliphatic rings. The summed E-state index contributed by atoms with van der Waals surface area (Å²) in [6.45, 7) is 2.05. The van der Waals surface area contributed by atoms with E-state index in [-0.39, 0.29) is 30.0 Å². The molecule has 0 spiro atoms. The van der Waals surface area contributed by atoms with Crippen LogP contribution in [0.3, 0.4) is 0 Å². The molecule has 2 rings (SSSR count). The summed E-state index contributed by atoms with van der Waals surface area (Å²) in [6, 6.07) is 6.67. The van der Waals surface area contributed by atoms with E-state index in [1.54, 1.807) is 12.1 Å². The summed E-state index contributed by atoms with van der Waals surface area (Å²) in [4.78, 5) is 10.6. The summed E-state index contributed by atoms with van der Waals surface area (Å²) >= 11 is 0. The summed E-state index contributed by atoms with van der Waals surface area (Å²) < 4.78 is 13.6. The Morgan fingerprint density at radius 2 is 1.77 bits per heavy atom. The maximum atomic E-state index is 13.6. The maximum Gasteiger partial charge on any atom is 0.303 e. The lowest BCUT2D eigenvalue weighted by molar-refractivity contribution is -0.137. The Morgan fingerprint density at radius 3 is 2.47 bits per heavy atom. The van der Waals surface area contributed by atoms with E-state index in [4.69, 9.17) is 5.11 Å². The smallest absolute Gasteiger partial charge is 0.303 e. The van der Waals surface area contributed by atoms with Crippen LogP contribution in [0, 0.1) is 35.4 Å². The molecule has 1 unspecified atom stereocenters. The molecule has 4 nitrogen and oxygen atoms in total. The average Bonchev–Trinajstić information content (AvgIpc) is 2.96. The van der Waals surface area contributed by atoms with Gasteiger partial charge in [0.2, 0.25) is 0 Å². The first-order chi connectivity index (χ1) is 14.4. The highest BCUT2D eigenvalue weighted by atomic mass is 19.1. The van der Waals surface area contributed by atoms with Crippen molar-refractivity contribution < 1.29 is 24.5 Å². The lowest BCUT2D eigenvalue weighted by Crippen LogP contribution is -2.22. The Bertz CT molecular complexity index is 723. The van der Waals surface area contributed by atoms with Crippen molar-refractivity contribution >= 4 is 5.97 Å². The number of hydrogen-bond donors (Lipinski definition) is 3. The minimum atomic E-state index is -0.754. The van der Waals surface area contributed by atoms with E-state index in [1.807, 2.05) is 13.0 Å². The van der Waals surface area contributed by atoms with Gasteiger partial charge in [0.15, 0.2) is 0 Å². The van der Waals surface area contributed by atoms with Crippen LogP contribution in [-0.4, -0.2) is 33.5 Å². The predicted molar refractivity (Wildman–Crippen MR) is 115 cm³/mol. The molecule has 166 valence electrons. The SMILES string of the molecule is CC(C#CCc1ccccc1F)CC[C@@H]1[C@@H](CCCCCCC(=O)O)[C@@H](O)C[C@H]1O. The van der Waals surface area contributed by atoms with Crippen LogP contribution in [0.4, 0.5) is 4.39 Å². The van der Waals surface area contributed by atoms with Gasteiger partial charge in [0, 0.05) is 18.8 Å². The Labute approximate surface area is 179 Å². The van der Waals surface area contributed by atoms with Crippen LogP contribution in [0.2, 0.25) is 0 Å². The van der Waals surface area contributed by atoms with Crippen LogP contribution in [0.1, 0.15) is 70.3 Å². The number of unbranched alkanes of at least 4 members (excludes halogenated alkanes) is 3. The van der Waals surface area contributed by atoms with Crippen molar-refractivity contribution in [2.75, 3.05) is 0 Å². The number of benzene rings is 1. The van der Waals surface area contributed by atoms with Crippen molar-refractivity contribution in [2.24, 2.45) is 17.8 Å². The summed E-state index contributed by atoms with van der Waals surface area (Å²) in [5, 5.41) is 29.4. The molecule has 0 amide bonds. The second-order valence-corrected chi connectivity index (χ2v) is 8.61. The third kappa shape index (κ3) is 8.08. The maximum absolute atomic E-state index is 13.6. The summed E-state index contributed by atoms with van der Waals surface area (Å²) in [5.41, 5.74) is 0.606. The number of aliphatic hydroxyl groups is 2. The van der Waals surface area contributed by atoms with Crippen LogP contribution in [0.15, 0.2) is 24.3 Å². The molecule has 0 bridgehead atoms. The molecule has 1 aromatic rings. The molecular weight excluding hydrogens is 383 g/mol. The van der Waals surface area contributed by atoms with Gasteiger partial charge in [0.1, 0.15) is 5.82 Å². The zero-order valence-corrected chi connectivity index (χ0v) is 17.9. The van der Waals surface area contributed by atoms with Gasteiger partial charge < -0.3 is 15.3 Å². The van der Waals surface area contributed by atoms with E-state index in [0.29, 0.717) is 24.8 Å². The molecule has 1 aromatic carbocycles. The molecule has 1 aliphatic carbocycles. The monoisotopic (exact) mass is 418 g/mol. The Kier molecular flexibility index (Phi) is 10.3. The van der Waals surface area contributed by atoms with Crippen molar-refractivity contribution in [2.45, 2.75) is 83.3 Å². The molecule has 1 saturated carbocycles. The van der Waals surface area contributed by atoms with Crippen molar-refractivity contribution in [3.05, 3.63) is 35.6 Å². The number of rotatable bonds is 11. The van der Waals surface area contributed by atoms with Crippen molar-refractivity contribution in [1.82, 2.24) is 0 Å². The normalized spacial score (nSPS) is 24.3. The molecule has 5 atom stereocenters. The number of halogens is 1. The summed E-state index contributed by atoms with van der Waals surface area (Å²) in [7, 11) is 0. The molecule has 30 heavy (non-hydrogen) atoms. The third-order valence-electron chi connectivity index (χ3n) is 6.22. The van der Waals surface area contributed by atoms with E-state index in [9.17, 15) is 19.4 Å². The number of aliphatic hydroxyl groups excluding tert-OH is 2. The van der Waals surface area contributed by atoms with Crippen LogP contribution < -0.4 is 0 Å². The second-order valence-electron chi connectivity index (χ2n) is 8.61. The van der Waals surface area contributed by atoms with Gasteiger partial charge >= 0.3 is 5.97 Å². The fraction of sp³-hybridized carbons (Fsp3) is 0.640. The van der Waals surface area contributed by atoms with Gasteiger partial charge in [-0.2, -0.15) is 0 Å². The van der Waals surface area contributed by atoms with Crippen LogP contribution in [-0.2, 0) is 11.2 Å². The summed E-state index contributed by atoms with van der Waals surface area (Å²) in [5.74, 6) is 5.60. The molecular formula is C25H35FO4. The lowest BCUT2D eigenvalue weighted by atomic mass is 9.84. The number of hydrogen-bond acceptors (Lipinski definition) is 3. The highest BCUT2D eigenvalue weighted by molar-refractivity contribution is 5.66. The molecule has 0 heterocycles. The zero-order chi connectivity index (χ0) is 21.9. The topological polar surface area (TPSA) is 77.8 Å². The third-order valence-corrected chi connectivity index (χ3v) is 6.22. The lowest BCUT2D eigenvalue weighted by Gasteiger charge is -2.24. The van der Waals surface area contributed by atoms with Crippen molar-refractivity contribution in [3.63, 3.8) is 0 Å². The molecule has 0 saturated heterocycles. The first-order valence-corrected chi connectivity index (χ1v) is 11.2. The molecule has 0 aliphatic heterocycles. The van der Waals surface area contributed by atoms with Gasteiger partial charge in [-0.15, -0.1) is 0 Å². The van der Waals surface area contributed by atoms with Crippen molar-refractivity contribution in [1.29, 1.82) is 0 Å². The number of carboxylic acid groups (broad SMARTS) is 1. The Balaban J connectivity index is 1.75. The Hall–Kier alpha value is -1.90. The van der Waals surface area contributed by atoms with Crippen molar-refractivity contribution in [3.8, 4) is 11.8 Å². The van der Waals surface area contributed by atoms with E-state index < -0.39 is 18.2 Å². The molecule has 5 heteroatoms. The average molecular weight is 419 g/mol.